The van der Waals surface area contributed by atoms with Gasteiger partial charge in [-0.15, -0.1) is 35.4 Å². The molecule has 0 saturated heterocycles. The zero-order chi connectivity index (χ0) is 30.1. The van der Waals surface area contributed by atoms with Crippen LogP contribution in [0.1, 0.15) is 0 Å². The SMILES string of the molecule is O=[N+]([O-])ON(c1c([N+](=O)[O-])c(NCCO)c([N+](=O)[O-])c(NCCO)c1[N+](=O)[O-])C(CO)(O[N+](=O)[O-])O[N+](=O)[O-]. The van der Waals surface area contributed by atoms with Crippen LogP contribution in [0.3, 0.4) is 0 Å². The zero-order valence-corrected chi connectivity index (χ0v) is 18.6. The Hall–Kier alpha value is -5.70. The molecule has 0 atom stereocenters. The molecule has 216 valence electrons. The number of nitro groups is 3. The van der Waals surface area contributed by atoms with Crippen molar-refractivity contribution in [3.8, 4) is 0 Å². The molecule has 0 fully saturated rings. The maximum Gasteiger partial charge on any atom is 0.383 e. The summed E-state index contributed by atoms with van der Waals surface area (Å²) >= 11 is 0. The molecule has 27 nitrogen and oxygen atoms in total. The molecular weight excluding hydrogens is 558 g/mol. The predicted molar refractivity (Wildman–Crippen MR) is 114 cm³/mol. The lowest BCUT2D eigenvalue weighted by Crippen LogP contribution is -2.59. The van der Waals surface area contributed by atoms with Gasteiger partial charge < -0.3 is 26.0 Å². The van der Waals surface area contributed by atoms with Gasteiger partial charge in [0.1, 0.15) is 6.61 Å². The Kier molecular flexibility index (Phi) is 10.5. The summed E-state index contributed by atoms with van der Waals surface area (Å²) in [5.41, 5.74) is -10.1. The van der Waals surface area contributed by atoms with Crippen LogP contribution in [0.5, 0.6) is 0 Å². The number of nitrogens with zero attached hydrogens (tertiary/aromatic N) is 7. The Balaban J connectivity index is 4.63. The Morgan fingerprint density at radius 1 is 0.667 bits per heavy atom. The molecule has 39 heavy (non-hydrogen) atoms. The molecule has 0 aliphatic heterocycles. The number of benzene rings is 1. The highest BCUT2D eigenvalue weighted by atomic mass is 17.1. The van der Waals surface area contributed by atoms with Crippen molar-refractivity contribution in [1.82, 2.24) is 0 Å². The van der Waals surface area contributed by atoms with E-state index in [1.165, 1.54) is 0 Å². The summed E-state index contributed by atoms with van der Waals surface area (Å²) in [6.45, 7) is -5.57. The van der Waals surface area contributed by atoms with E-state index in [0.717, 1.165) is 0 Å². The van der Waals surface area contributed by atoms with Crippen LogP contribution in [-0.4, -0.2) is 84.2 Å². The Morgan fingerprint density at radius 3 is 1.31 bits per heavy atom. The first kappa shape index (κ1) is 31.3. The molecule has 0 unspecified atom stereocenters. The smallest absolute Gasteiger partial charge is 0.383 e. The van der Waals surface area contributed by atoms with E-state index < -0.39 is 108 Å². The van der Waals surface area contributed by atoms with Crippen molar-refractivity contribution in [3.63, 3.8) is 0 Å². The minimum absolute atomic E-state index is 0.767. The van der Waals surface area contributed by atoms with Crippen LogP contribution in [0.2, 0.25) is 0 Å². The average Bonchev–Trinajstić information content (AvgIpc) is 2.81. The van der Waals surface area contributed by atoms with Crippen LogP contribution in [0.15, 0.2) is 0 Å². The van der Waals surface area contributed by atoms with Gasteiger partial charge in [0.25, 0.3) is 10.2 Å². The van der Waals surface area contributed by atoms with Crippen molar-refractivity contribution in [3.05, 3.63) is 60.7 Å². The molecule has 0 aromatic heterocycles. The second-order valence-corrected chi connectivity index (χ2v) is 6.32. The summed E-state index contributed by atoms with van der Waals surface area (Å²) in [6.07, 6.45) is 0. The van der Waals surface area contributed by atoms with Gasteiger partial charge >= 0.3 is 28.1 Å². The van der Waals surface area contributed by atoms with Gasteiger partial charge in [0.05, 0.1) is 28.0 Å². The van der Waals surface area contributed by atoms with Gasteiger partial charge in [0.2, 0.25) is 5.69 Å². The Bertz CT molecular complexity index is 1100. The highest BCUT2D eigenvalue weighted by molar-refractivity contribution is 6.00. The first-order chi connectivity index (χ1) is 18.2. The minimum Gasteiger partial charge on any atom is -0.395 e. The fourth-order valence-corrected chi connectivity index (χ4v) is 2.91. The molecule has 0 radical (unpaired) electrons. The summed E-state index contributed by atoms with van der Waals surface area (Å²) in [6, 6.07) is 0. The van der Waals surface area contributed by atoms with E-state index in [-0.39, 0.29) is 0 Å². The van der Waals surface area contributed by atoms with Gasteiger partial charge in [-0.2, -0.15) is 4.94 Å². The lowest BCUT2D eigenvalue weighted by atomic mass is 10.1. The minimum atomic E-state index is -4.26. The number of nitro benzene ring substituents is 3. The Labute approximate surface area is 210 Å². The summed E-state index contributed by atoms with van der Waals surface area (Å²) in [4.78, 5) is 76.1. The molecule has 0 aliphatic carbocycles. The summed E-state index contributed by atoms with van der Waals surface area (Å²) in [5.74, 6) is -4.26. The second kappa shape index (κ2) is 13.0. The molecule has 0 saturated carbocycles. The number of hydroxylamine groups is 1. The monoisotopic (exact) mass is 573 g/mol. The van der Waals surface area contributed by atoms with Crippen LogP contribution in [0.25, 0.3) is 0 Å². The van der Waals surface area contributed by atoms with Crippen molar-refractivity contribution < 1.29 is 60.0 Å². The number of anilines is 3. The molecule has 1 rings (SSSR count). The normalized spacial score (nSPS) is 10.6. The van der Waals surface area contributed by atoms with E-state index in [1.807, 2.05) is 10.6 Å². The lowest BCUT2D eigenvalue weighted by molar-refractivity contribution is -0.885. The largest absolute Gasteiger partial charge is 0.395 e. The van der Waals surface area contributed by atoms with E-state index in [1.54, 1.807) is 0 Å². The van der Waals surface area contributed by atoms with Crippen LogP contribution < -0.4 is 15.7 Å². The summed E-state index contributed by atoms with van der Waals surface area (Å²) in [5, 5.41) is 94.1. The molecule has 1 aromatic rings. The molecule has 0 spiro atoms. The van der Waals surface area contributed by atoms with Crippen LogP contribution >= 0.6 is 0 Å². The first-order valence-corrected chi connectivity index (χ1v) is 9.46. The Morgan fingerprint density at radius 2 is 1.05 bits per heavy atom. The van der Waals surface area contributed by atoms with Gasteiger partial charge in [0, 0.05) is 13.1 Å². The molecule has 5 N–H and O–H groups in total. The van der Waals surface area contributed by atoms with Gasteiger partial charge in [-0.25, -0.2) is 0 Å². The first-order valence-electron chi connectivity index (χ1n) is 9.46. The third kappa shape index (κ3) is 6.95. The van der Waals surface area contributed by atoms with Gasteiger partial charge in [-0.3, -0.25) is 40.0 Å². The lowest BCUT2D eigenvalue weighted by Gasteiger charge is -2.35. The van der Waals surface area contributed by atoms with Gasteiger partial charge in [-0.05, 0) is 0 Å². The van der Waals surface area contributed by atoms with Gasteiger partial charge in [0.15, 0.2) is 11.4 Å². The highest BCUT2D eigenvalue weighted by Gasteiger charge is 2.56. The van der Waals surface area contributed by atoms with Crippen LogP contribution in [-0.2, 0) is 14.6 Å². The van der Waals surface area contributed by atoms with E-state index in [9.17, 15) is 65.8 Å². The van der Waals surface area contributed by atoms with E-state index in [4.69, 9.17) is 10.2 Å². The molecule has 27 heteroatoms. The number of hydrogen-bond acceptors (Lipinski definition) is 21. The fourth-order valence-electron chi connectivity index (χ4n) is 2.91. The average molecular weight is 573 g/mol. The molecule has 0 bridgehead atoms. The third-order valence-corrected chi connectivity index (χ3v) is 4.07. The standard InChI is InChI=1S/C12H15N9O18/c22-3-1-13-6-8(16(25)26)7(14-2-4-23)10(18(29)30)11(9(6)17(27)28)15(39-21(35)36)12(5-24,37-19(31)32)38-20(33)34/h13-14,22-24H,1-5H2. The van der Waals surface area contributed by atoms with E-state index in [2.05, 4.69) is 14.6 Å². The van der Waals surface area contributed by atoms with Crippen molar-refractivity contribution >= 4 is 34.1 Å². The van der Waals surface area contributed by atoms with E-state index >= 15 is 0 Å². The summed E-state index contributed by atoms with van der Waals surface area (Å²) < 4.78 is 0. The maximum atomic E-state index is 12.1. The van der Waals surface area contributed by atoms with Crippen molar-refractivity contribution in [2.24, 2.45) is 0 Å². The van der Waals surface area contributed by atoms with Crippen LogP contribution in [0, 0.1) is 60.7 Å². The molecule has 0 aliphatic rings. The topological polar surface area (TPSA) is 375 Å². The van der Waals surface area contributed by atoms with E-state index in [0.29, 0.717) is 0 Å². The van der Waals surface area contributed by atoms with Gasteiger partial charge in [-0.1, -0.05) is 0 Å². The molecule has 1 aromatic carbocycles. The number of hydrogen-bond donors (Lipinski definition) is 5. The highest BCUT2D eigenvalue weighted by Crippen LogP contribution is 2.55. The van der Waals surface area contributed by atoms with Crippen molar-refractivity contribution in [2.75, 3.05) is 48.6 Å². The van der Waals surface area contributed by atoms with Crippen molar-refractivity contribution in [2.45, 2.75) is 5.91 Å². The number of aliphatic hydroxyl groups is 3. The molecule has 0 heterocycles. The fraction of sp³-hybridized carbons (Fsp3) is 0.500. The second-order valence-electron chi connectivity index (χ2n) is 6.32. The summed E-state index contributed by atoms with van der Waals surface area (Å²) in [7, 11) is 0. The predicted octanol–water partition coefficient (Wildman–Crippen LogP) is -1.79. The van der Waals surface area contributed by atoms with Crippen LogP contribution in [0.4, 0.5) is 34.1 Å². The maximum absolute atomic E-state index is 12.1. The zero-order valence-electron chi connectivity index (χ0n) is 18.6. The molecule has 0 amide bonds. The van der Waals surface area contributed by atoms with Crippen molar-refractivity contribution in [1.29, 1.82) is 0 Å². The number of aliphatic hydroxyl groups excluding tert-OH is 3. The number of nitrogens with one attached hydrogen (secondary N) is 2. The quantitative estimate of drug-likeness (QED) is 0.0734. The number of rotatable bonds is 18. The molecular formula is C12H15N9O18. The third-order valence-electron chi connectivity index (χ3n) is 4.07.